The average Bonchev–Trinajstić information content (AvgIpc) is 3.20. The molecule has 8 heteroatoms. The molecule has 0 aliphatic carbocycles. The fourth-order valence-electron chi connectivity index (χ4n) is 2.70. The van der Waals surface area contributed by atoms with E-state index in [2.05, 4.69) is 10.3 Å². The van der Waals surface area contributed by atoms with Gasteiger partial charge in [0, 0.05) is 16.5 Å². The van der Waals surface area contributed by atoms with Crippen molar-refractivity contribution in [2.75, 3.05) is 18.5 Å². The van der Waals surface area contributed by atoms with Crippen LogP contribution in [0.2, 0.25) is 0 Å². The standard InChI is InChI=1S/C21H15FN2O4S/c22-16-7-5-13(6-8-16)17-12-29-21(23-17)24-19(25)11-28-20(26)15-9-14-3-1-2-4-18(14)27-10-15/h1-9,12H,10-11H2,(H,23,24,25). The Morgan fingerprint density at radius 2 is 1.97 bits per heavy atom. The van der Waals surface area contributed by atoms with E-state index in [0.29, 0.717) is 22.1 Å². The molecule has 0 saturated heterocycles. The number of benzene rings is 2. The van der Waals surface area contributed by atoms with E-state index >= 15 is 0 Å². The number of halogens is 1. The minimum Gasteiger partial charge on any atom is -0.488 e. The van der Waals surface area contributed by atoms with Crippen molar-refractivity contribution in [2.45, 2.75) is 0 Å². The van der Waals surface area contributed by atoms with Crippen LogP contribution in [0.15, 0.2) is 59.5 Å². The third-order valence-corrected chi connectivity index (χ3v) is 4.88. The molecule has 6 nitrogen and oxygen atoms in total. The molecule has 1 aliphatic heterocycles. The van der Waals surface area contributed by atoms with Crippen LogP contribution in [0.4, 0.5) is 9.52 Å². The normalized spacial score (nSPS) is 12.4. The van der Waals surface area contributed by atoms with Crippen LogP contribution in [-0.2, 0) is 14.3 Å². The highest BCUT2D eigenvalue weighted by atomic mass is 32.1. The van der Waals surface area contributed by atoms with E-state index in [-0.39, 0.29) is 12.4 Å². The summed E-state index contributed by atoms with van der Waals surface area (Å²) >= 11 is 1.22. The number of carbonyl (C=O) groups excluding carboxylic acids is 2. The molecule has 4 rings (SSSR count). The van der Waals surface area contributed by atoms with E-state index in [0.717, 1.165) is 11.1 Å². The van der Waals surface area contributed by atoms with Crippen molar-refractivity contribution in [1.29, 1.82) is 0 Å². The minimum absolute atomic E-state index is 0.0883. The van der Waals surface area contributed by atoms with Crippen molar-refractivity contribution >= 4 is 34.4 Å². The lowest BCUT2D eigenvalue weighted by Gasteiger charge is -2.16. The van der Waals surface area contributed by atoms with E-state index in [1.165, 1.54) is 23.5 Å². The third kappa shape index (κ3) is 4.49. The number of nitrogens with zero attached hydrogens (tertiary/aromatic N) is 1. The number of nitrogens with one attached hydrogen (secondary N) is 1. The van der Waals surface area contributed by atoms with Crippen molar-refractivity contribution in [2.24, 2.45) is 0 Å². The van der Waals surface area contributed by atoms with Crippen LogP contribution in [0.25, 0.3) is 17.3 Å². The Bertz CT molecular complexity index is 1090. The highest BCUT2D eigenvalue weighted by Crippen LogP contribution is 2.26. The SMILES string of the molecule is O=C(COC(=O)C1=Cc2ccccc2OC1)Nc1nc(-c2ccc(F)cc2)cs1. The van der Waals surface area contributed by atoms with Gasteiger partial charge in [0.05, 0.1) is 11.3 Å². The summed E-state index contributed by atoms with van der Waals surface area (Å²) in [5, 5.41) is 4.69. The fourth-order valence-corrected chi connectivity index (χ4v) is 3.43. The van der Waals surface area contributed by atoms with Gasteiger partial charge in [0.1, 0.15) is 18.2 Å². The predicted octanol–water partition coefficient (Wildman–Crippen LogP) is 3.91. The number of rotatable bonds is 5. The molecule has 0 bridgehead atoms. The topological polar surface area (TPSA) is 77.5 Å². The highest BCUT2D eigenvalue weighted by molar-refractivity contribution is 7.14. The fraction of sp³-hybridized carbons (Fsp3) is 0.0952. The van der Waals surface area contributed by atoms with Gasteiger partial charge in [-0.05, 0) is 36.4 Å². The summed E-state index contributed by atoms with van der Waals surface area (Å²) in [4.78, 5) is 28.5. The minimum atomic E-state index is -0.610. The molecule has 0 fully saturated rings. The Hall–Kier alpha value is -3.52. The number of amides is 1. The number of para-hydroxylation sites is 1. The zero-order chi connectivity index (χ0) is 20.2. The summed E-state index contributed by atoms with van der Waals surface area (Å²) in [6.45, 7) is -0.353. The number of esters is 1. The Morgan fingerprint density at radius 1 is 1.17 bits per heavy atom. The molecule has 29 heavy (non-hydrogen) atoms. The molecule has 146 valence electrons. The van der Waals surface area contributed by atoms with Crippen LogP contribution in [0.1, 0.15) is 5.56 Å². The lowest BCUT2D eigenvalue weighted by molar-refractivity contribution is -0.143. The molecule has 2 heterocycles. The van der Waals surface area contributed by atoms with Crippen molar-refractivity contribution in [1.82, 2.24) is 4.98 Å². The van der Waals surface area contributed by atoms with Crippen LogP contribution in [0.3, 0.4) is 0 Å². The largest absolute Gasteiger partial charge is 0.488 e. The first-order valence-electron chi connectivity index (χ1n) is 8.69. The first kappa shape index (κ1) is 18.8. The Morgan fingerprint density at radius 3 is 2.79 bits per heavy atom. The van der Waals surface area contributed by atoms with Crippen molar-refractivity contribution in [3.05, 3.63) is 70.9 Å². The first-order valence-corrected chi connectivity index (χ1v) is 9.57. The summed E-state index contributed by atoms with van der Waals surface area (Å²) in [5.74, 6) is -0.749. The maximum absolute atomic E-state index is 13.0. The van der Waals surface area contributed by atoms with E-state index in [1.807, 2.05) is 24.3 Å². The van der Waals surface area contributed by atoms with E-state index in [9.17, 15) is 14.0 Å². The Labute approximate surface area is 169 Å². The van der Waals surface area contributed by atoms with Gasteiger partial charge in [-0.1, -0.05) is 18.2 Å². The van der Waals surface area contributed by atoms with Crippen molar-refractivity contribution in [3.63, 3.8) is 0 Å². The summed E-state index contributed by atoms with van der Waals surface area (Å²) in [6.07, 6.45) is 1.69. The molecule has 3 aromatic rings. The second-order valence-electron chi connectivity index (χ2n) is 6.17. The third-order valence-electron chi connectivity index (χ3n) is 4.12. The van der Waals surface area contributed by atoms with Crippen LogP contribution in [0.5, 0.6) is 5.75 Å². The smallest absolute Gasteiger partial charge is 0.338 e. The molecule has 1 aromatic heterocycles. The lowest BCUT2D eigenvalue weighted by atomic mass is 10.1. The van der Waals surface area contributed by atoms with Crippen LogP contribution < -0.4 is 10.1 Å². The highest BCUT2D eigenvalue weighted by Gasteiger charge is 2.19. The zero-order valence-corrected chi connectivity index (χ0v) is 15.9. The number of anilines is 1. The number of hydrogen-bond acceptors (Lipinski definition) is 6. The van der Waals surface area contributed by atoms with Crippen LogP contribution in [0, 0.1) is 5.82 Å². The van der Waals surface area contributed by atoms with E-state index in [1.54, 1.807) is 23.6 Å². The van der Waals surface area contributed by atoms with Gasteiger partial charge >= 0.3 is 5.97 Å². The first-order chi connectivity index (χ1) is 14.1. The maximum Gasteiger partial charge on any atom is 0.338 e. The summed E-state index contributed by atoms with van der Waals surface area (Å²) in [6, 6.07) is 13.2. The molecular weight excluding hydrogens is 395 g/mol. The summed E-state index contributed by atoms with van der Waals surface area (Å²) in [7, 11) is 0. The molecule has 2 aromatic carbocycles. The number of thiazole rings is 1. The molecule has 0 radical (unpaired) electrons. The maximum atomic E-state index is 13.0. The van der Waals surface area contributed by atoms with Gasteiger partial charge in [-0.25, -0.2) is 14.2 Å². The Balaban J connectivity index is 1.32. The second kappa shape index (κ2) is 8.24. The van der Waals surface area contributed by atoms with Gasteiger partial charge < -0.3 is 9.47 Å². The van der Waals surface area contributed by atoms with Crippen LogP contribution in [-0.4, -0.2) is 30.1 Å². The molecule has 0 unspecified atom stereocenters. The molecule has 0 spiro atoms. The van der Waals surface area contributed by atoms with Gasteiger partial charge in [-0.2, -0.15) is 0 Å². The number of hydrogen-bond donors (Lipinski definition) is 1. The van der Waals surface area contributed by atoms with E-state index < -0.39 is 18.5 Å². The number of aromatic nitrogens is 1. The molecule has 1 N–H and O–H groups in total. The quantitative estimate of drug-likeness (QED) is 0.646. The zero-order valence-electron chi connectivity index (χ0n) is 15.1. The predicted molar refractivity (Wildman–Crippen MR) is 107 cm³/mol. The van der Waals surface area contributed by atoms with Crippen molar-refractivity contribution < 1.29 is 23.5 Å². The molecule has 1 amide bonds. The van der Waals surface area contributed by atoms with Gasteiger partial charge in [0.2, 0.25) is 0 Å². The molecule has 0 saturated carbocycles. The molecular formula is C21H15FN2O4S. The number of ether oxygens (including phenoxy) is 2. The average molecular weight is 410 g/mol. The van der Waals surface area contributed by atoms with Gasteiger partial charge in [0.25, 0.3) is 5.91 Å². The summed E-state index contributed by atoms with van der Waals surface area (Å²) < 4.78 is 23.6. The van der Waals surface area contributed by atoms with Crippen LogP contribution >= 0.6 is 11.3 Å². The van der Waals surface area contributed by atoms with Crippen molar-refractivity contribution in [3.8, 4) is 17.0 Å². The molecule has 0 atom stereocenters. The number of fused-ring (bicyclic) bond motifs is 1. The van der Waals surface area contributed by atoms with Gasteiger partial charge in [0.15, 0.2) is 11.7 Å². The second-order valence-corrected chi connectivity index (χ2v) is 7.02. The number of carbonyl (C=O) groups is 2. The summed E-state index contributed by atoms with van der Waals surface area (Å²) in [5.41, 5.74) is 2.47. The lowest BCUT2D eigenvalue weighted by Crippen LogP contribution is -2.23. The van der Waals surface area contributed by atoms with Gasteiger partial charge in [-0.3, -0.25) is 10.1 Å². The Kier molecular flexibility index (Phi) is 5.35. The monoisotopic (exact) mass is 410 g/mol. The molecule has 1 aliphatic rings. The van der Waals surface area contributed by atoms with Gasteiger partial charge in [-0.15, -0.1) is 11.3 Å². The van der Waals surface area contributed by atoms with E-state index in [4.69, 9.17) is 9.47 Å².